The minimum absolute atomic E-state index is 0.0296. The van der Waals surface area contributed by atoms with Crippen LogP contribution in [0.15, 0.2) is 0 Å². The molecule has 0 aliphatic carbocycles. The highest BCUT2D eigenvalue weighted by Gasteiger charge is 2.33. The number of hydrogen-bond donors (Lipinski definition) is 0. The van der Waals surface area contributed by atoms with E-state index in [2.05, 4.69) is 96.9 Å². The normalized spacial score (nSPS) is 19.5. The maximum absolute atomic E-state index is 12.2. The average molecular weight is 907 g/mol. The minimum atomic E-state index is -2.91. The monoisotopic (exact) mass is 906 g/mol. The lowest BCUT2D eigenvalue weighted by Crippen LogP contribution is -2.17. The number of carbonyl (C=O) groups excluding carboxylic acids is 1. The molecule has 0 saturated heterocycles. The van der Waals surface area contributed by atoms with Crippen molar-refractivity contribution in [2.24, 2.45) is 23.7 Å². The highest BCUT2D eigenvalue weighted by Crippen LogP contribution is 2.68. The zero-order chi connectivity index (χ0) is 40.3. The summed E-state index contributed by atoms with van der Waals surface area (Å²) in [5, 5.41) is -0.158. The Morgan fingerprint density at radius 1 is 0.538 bits per heavy atom. The first-order chi connectivity index (χ1) is 23.9. The molecule has 52 heavy (non-hydrogen) atoms. The Labute approximate surface area is 347 Å². The maximum Gasteiger partial charge on any atom is 0.306 e. The van der Waals surface area contributed by atoms with Crippen LogP contribution in [0.2, 0.25) is 0 Å². The molecule has 0 fully saturated rings. The summed E-state index contributed by atoms with van der Waals surface area (Å²) in [4.78, 5) is 12.2. The van der Waals surface area contributed by atoms with Gasteiger partial charge in [-0.05, 0) is 119 Å². The quantitative estimate of drug-likeness (QED) is 0.0489. The molecule has 0 spiro atoms. The van der Waals surface area contributed by atoms with Crippen molar-refractivity contribution in [1.29, 1.82) is 0 Å². The van der Waals surface area contributed by atoms with E-state index >= 15 is 0 Å². The van der Waals surface area contributed by atoms with E-state index in [0.29, 0.717) is 49.2 Å². The van der Waals surface area contributed by atoms with Crippen molar-refractivity contribution in [1.82, 2.24) is 0 Å². The van der Waals surface area contributed by atoms with Gasteiger partial charge in [-0.25, -0.2) is 0 Å². The van der Waals surface area contributed by atoms with Gasteiger partial charge in [0.1, 0.15) is 0 Å². The molecule has 312 valence electrons. The van der Waals surface area contributed by atoms with Crippen molar-refractivity contribution in [2.75, 3.05) is 25.6 Å². The molecule has 6 atom stereocenters. The minimum Gasteiger partial charge on any atom is -0.466 e. The van der Waals surface area contributed by atoms with Crippen LogP contribution in [0.1, 0.15) is 136 Å². The topological polar surface area (TPSA) is 81.7 Å². The molecule has 0 aromatic carbocycles. The number of carbonyl (C=O) groups is 1. The van der Waals surface area contributed by atoms with Crippen molar-refractivity contribution < 1.29 is 36.7 Å². The van der Waals surface area contributed by atoms with Crippen LogP contribution in [0.5, 0.6) is 0 Å². The second-order valence-electron chi connectivity index (χ2n) is 15.3. The molecule has 0 aromatic heterocycles. The molecule has 6 unspecified atom stereocenters. The van der Waals surface area contributed by atoms with Gasteiger partial charge in [-0.15, -0.1) is 0 Å². The fourth-order valence-electron chi connectivity index (χ4n) is 5.34. The van der Waals surface area contributed by atoms with Crippen LogP contribution in [-0.4, -0.2) is 66.5 Å². The molecular formula is C35H73O8P3S6. The van der Waals surface area contributed by atoms with Crippen LogP contribution in [-0.2, 0) is 72.1 Å². The van der Waals surface area contributed by atoms with Gasteiger partial charge < -0.3 is 31.9 Å². The lowest BCUT2D eigenvalue weighted by molar-refractivity contribution is -0.142. The average Bonchev–Trinajstić information content (AvgIpc) is 2.92. The van der Waals surface area contributed by atoms with Crippen molar-refractivity contribution in [2.45, 2.75) is 171 Å². The van der Waals surface area contributed by atoms with E-state index < -0.39 is 17.1 Å². The van der Waals surface area contributed by atoms with Gasteiger partial charge in [0, 0.05) is 16.3 Å². The number of esters is 1. The summed E-state index contributed by atoms with van der Waals surface area (Å²) >= 11 is 22.8. The molecule has 0 bridgehead atoms. The smallest absolute Gasteiger partial charge is 0.306 e. The fraction of sp³-hybridized carbons (Fsp3) is 0.971. The second-order valence-corrected chi connectivity index (χ2v) is 34.8. The Morgan fingerprint density at radius 2 is 0.846 bits per heavy atom. The lowest BCUT2D eigenvalue weighted by Gasteiger charge is -2.32. The van der Waals surface area contributed by atoms with Gasteiger partial charge in [0.05, 0.1) is 50.7 Å². The van der Waals surface area contributed by atoms with Crippen molar-refractivity contribution in [3.63, 3.8) is 0 Å². The molecule has 0 aliphatic rings. The summed E-state index contributed by atoms with van der Waals surface area (Å²) in [6, 6.07) is 0. The third-order valence-corrected chi connectivity index (χ3v) is 23.5. The number of hydrogen-bond acceptors (Lipinski definition) is 14. The van der Waals surface area contributed by atoms with Crippen molar-refractivity contribution in [3.05, 3.63) is 0 Å². The first-order valence-corrected chi connectivity index (χ1v) is 31.4. The molecule has 0 aromatic rings. The highest BCUT2D eigenvalue weighted by molar-refractivity contribution is 8.69. The summed E-state index contributed by atoms with van der Waals surface area (Å²) in [6.45, 7) is 32.5. The van der Waals surface area contributed by atoms with Gasteiger partial charge in [-0.1, -0.05) is 103 Å². The third kappa shape index (κ3) is 27.8. The summed E-state index contributed by atoms with van der Waals surface area (Å²) in [7, 11) is 0. The van der Waals surface area contributed by atoms with Crippen LogP contribution < -0.4 is 0 Å². The van der Waals surface area contributed by atoms with Gasteiger partial charge in [0.2, 0.25) is 17.1 Å². The summed E-state index contributed by atoms with van der Waals surface area (Å²) < 4.78 is 44.2. The Morgan fingerprint density at radius 3 is 1.12 bits per heavy atom. The predicted octanol–water partition coefficient (Wildman–Crippen LogP) is 13.4. The maximum atomic E-state index is 12.2. The largest absolute Gasteiger partial charge is 0.466 e. The van der Waals surface area contributed by atoms with E-state index in [0.717, 1.165) is 25.7 Å². The summed E-state index contributed by atoms with van der Waals surface area (Å²) in [5.41, 5.74) is -8.35. The molecule has 8 nitrogen and oxygen atoms in total. The molecule has 0 heterocycles. The Balaban J connectivity index is 5.97. The van der Waals surface area contributed by atoms with E-state index in [9.17, 15) is 4.79 Å². The van der Waals surface area contributed by atoms with E-state index in [4.69, 9.17) is 67.3 Å². The third-order valence-electron chi connectivity index (χ3n) is 6.86. The van der Waals surface area contributed by atoms with E-state index in [1.165, 1.54) is 34.1 Å². The molecule has 0 radical (unpaired) electrons. The summed E-state index contributed by atoms with van der Waals surface area (Å²) in [5.74, 6) is 2.06. The van der Waals surface area contributed by atoms with Crippen LogP contribution in [0.25, 0.3) is 0 Å². The van der Waals surface area contributed by atoms with Gasteiger partial charge >= 0.3 is 5.97 Å². The zero-order valence-electron chi connectivity index (χ0n) is 34.7. The fourth-order valence-corrected chi connectivity index (χ4v) is 23.2. The van der Waals surface area contributed by atoms with Crippen LogP contribution >= 0.6 is 51.2 Å². The first kappa shape index (κ1) is 54.2. The Bertz CT molecular complexity index is 1020. The lowest BCUT2D eigenvalue weighted by atomic mass is 10.1. The zero-order valence-corrected chi connectivity index (χ0v) is 42.3. The molecular weight excluding hydrogens is 834 g/mol. The van der Waals surface area contributed by atoms with Gasteiger partial charge in [-0.3, -0.25) is 4.79 Å². The Hall–Kier alpha value is 2.23. The summed E-state index contributed by atoms with van der Waals surface area (Å²) in [6.07, 6.45) is 3.67. The van der Waals surface area contributed by atoms with Gasteiger partial charge in [0.15, 0.2) is 0 Å². The van der Waals surface area contributed by atoms with E-state index in [-0.39, 0.29) is 47.3 Å². The molecule has 17 heteroatoms. The number of rotatable bonds is 31. The van der Waals surface area contributed by atoms with Crippen LogP contribution in [0.3, 0.4) is 0 Å². The van der Waals surface area contributed by atoms with E-state index in [1.807, 2.05) is 0 Å². The standard InChI is InChI=1S/C35H73O8P3S6/c1-16-37-35(36)17-18-50-44(47,38-23-33(14)51-45(48,40-29(10)19-25(2)3)41-30(11)20-26(4)5)39-24-34(15)52-46(49,42-31(12)21-27(6)7)43-32(13)22-28(8)9/h25-34H,16-24H2,1-15H3. The van der Waals surface area contributed by atoms with Gasteiger partial charge in [0.25, 0.3) is 0 Å². The molecule has 0 amide bonds. The SMILES string of the molecule is CCOC(=O)CCSP(=S)(OCC(C)SP(=S)(OC(C)CC(C)C)OC(C)CC(C)C)OCC(C)SP(=S)(OC(C)CC(C)C)OC(C)CC(C)C. The van der Waals surface area contributed by atoms with Gasteiger partial charge in [-0.2, -0.15) is 0 Å². The first-order valence-electron chi connectivity index (χ1n) is 18.9. The number of ether oxygens (including phenoxy) is 1. The Kier molecular flexibility index (Phi) is 29.0. The van der Waals surface area contributed by atoms with Crippen molar-refractivity contribution in [3.8, 4) is 0 Å². The van der Waals surface area contributed by atoms with E-state index in [1.54, 1.807) is 6.92 Å². The second kappa shape index (κ2) is 27.8. The highest BCUT2D eigenvalue weighted by atomic mass is 32.9. The molecule has 0 aliphatic heterocycles. The molecule has 0 rings (SSSR count). The van der Waals surface area contributed by atoms with Crippen LogP contribution in [0.4, 0.5) is 0 Å². The van der Waals surface area contributed by atoms with Crippen LogP contribution in [0, 0.1) is 23.7 Å². The molecule has 0 N–H and O–H groups in total. The predicted molar refractivity (Wildman–Crippen MR) is 243 cm³/mol. The van der Waals surface area contributed by atoms with Crippen molar-refractivity contribution >= 4 is 92.6 Å². The molecule has 0 saturated carbocycles.